The molecule has 3 rings (SSSR count). The van der Waals surface area contributed by atoms with Gasteiger partial charge in [0.15, 0.2) is 0 Å². The van der Waals surface area contributed by atoms with Gasteiger partial charge in [0.25, 0.3) is 5.91 Å². The predicted octanol–water partition coefficient (Wildman–Crippen LogP) is 7.07. The molecule has 0 aliphatic carbocycles. The van der Waals surface area contributed by atoms with Crippen molar-refractivity contribution in [3.05, 3.63) is 93.2 Å². The van der Waals surface area contributed by atoms with Crippen LogP contribution in [-0.4, -0.2) is 34.7 Å². The molecular formula is C31H40N2O2S. The van der Waals surface area contributed by atoms with Crippen LogP contribution in [-0.2, 0) is 23.3 Å². The molecule has 2 amide bonds. The Labute approximate surface area is 221 Å². The standard InChI is InChI=1S/C31H40N2O2S/c1-7-23(2)19-33(30(35)26-14-16-27(17-15-26)31(4,5)6)22-29(34)32(20-25-11-9-8-10-12-25)21-28-18-13-24(3)36-28/h8-18,23H,7,19-22H2,1-6H3. The van der Waals surface area contributed by atoms with Crippen molar-refractivity contribution in [2.45, 2.75) is 66.5 Å². The first-order valence-electron chi connectivity index (χ1n) is 12.8. The lowest BCUT2D eigenvalue weighted by Crippen LogP contribution is -2.44. The van der Waals surface area contributed by atoms with Gasteiger partial charge in [0.1, 0.15) is 6.54 Å². The molecule has 0 fully saturated rings. The van der Waals surface area contributed by atoms with Crippen LogP contribution in [0, 0.1) is 12.8 Å². The van der Waals surface area contributed by atoms with E-state index in [1.54, 1.807) is 16.2 Å². The molecule has 0 saturated heterocycles. The van der Waals surface area contributed by atoms with E-state index in [-0.39, 0.29) is 23.8 Å². The van der Waals surface area contributed by atoms with E-state index in [0.29, 0.717) is 31.1 Å². The molecule has 1 aromatic heterocycles. The molecular weight excluding hydrogens is 464 g/mol. The van der Waals surface area contributed by atoms with Gasteiger partial charge in [0.05, 0.1) is 6.54 Å². The van der Waals surface area contributed by atoms with Gasteiger partial charge in [-0.1, -0.05) is 83.5 Å². The van der Waals surface area contributed by atoms with Gasteiger partial charge in [-0.25, -0.2) is 0 Å². The summed E-state index contributed by atoms with van der Waals surface area (Å²) >= 11 is 1.71. The fraction of sp³-hybridized carbons (Fsp3) is 0.419. The molecule has 5 heteroatoms. The Hall–Kier alpha value is -2.92. The third-order valence-electron chi connectivity index (χ3n) is 6.55. The Kier molecular flexibility index (Phi) is 9.49. The molecule has 0 aliphatic rings. The molecule has 0 N–H and O–H groups in total. The zero-order valence-electron chi connectivity index (χ0n) is 22.6. The van der Waals surface area contributed by atoms with Crippen LogP contribution in [0.4, 0.5) is 0 Å². The van der Waals surface area contributed by atoms with Gasteiger partial charge in [-0.05, 0) is 53.6 Å². The van der Waals surface area contributed by atoms with Crippen LogP contribution < -0.4 is 0 Å². The summed E-state index contributed by atoms with van der Waals surface area (Å²) in [5.41, 5.74) is 2.91. The van der Waals surface area contributed by atoms with E-state index in [0.717, 1.165) is 16.9 Å². The van der Waals surface area contributed by atoms with E-state index >= 15 is 0 Å². The summed E-state index contributed by atoms with van der Waals surface area (Å²) in [4.78, 5) is 33.3. The predicted molar refractivity (Wildman–Crippen MR) is 150 cm³/mol. The summed E-state index contributed by atoms with van der Waals surface area (Å²) in [7, 11) is 0. The second-order valence-corrected chi connectivity index (χ2v) is 12.1. The van der Waals surface area contributed by atoms with Crippen molar-refractivity contribution in [3.8, 4) is 0 Å². The number of hydrogen-bond donors (Lipinski definition) is 0. The molecule has 1 heterocycles. The molecule has 3 aromatic rings. The molecule has 1 atom stereocenters. The van der Waals surface area contributed by atoms with Gasteiger partial charge in [-0.3, -0.25) is 9.59 Å². The molecule has 36 heavy (non-hydrogen) atoms. The molecule has 0 aliphatic heterocycles. The first-order valence-corrected chi connectivity index (χ1v) is 13.6. The van der Waals surface area contributed by atoms with Crippen molar-refractivity contribution < 1.29 is 9.59 Å². The summed E-state index contributed by atoms with van der Waals surface area (Å²) in [6, 6.07) is 22.1. The minimum absolute atomic E-state index is 0.0199. The third kappa shape index (κ3) is 7.79. The van der Waals surface area contributed by atoms with Gasteiger partial charge in [-0.15, -0.1) is 11.3 Å². The van der Waals surface area contributed by atoms with Gasteiger partial charge in [-0.2, -0.15) is 0 Å². The zero-order valence-corrected chi connectivity index (χ0v) is 23.4. The molecule has 0 spiro atoms. The molecule has 192 valence electrons. The van der Waals surface area contributed by atoms with Crippen molar-refractivity contribution in [3.63, 3.8) is 0 Å². The van der Waals surface area contributed by atoms with E-state index < -0.39 is 0 Å². The second kappa shape index (κ2) is 12.4. The number of benzene rings is 2. The Morgan fingerprint density at radius 2 is 1.56 bits per heavy atom. The minimum Gasteiger partial charge on any atom is -0.332 e. The van der Waals surface area contributed by atoms with Crippen LogP contribution in [0.15, 0.2) is 66.7 Å². The largest absolute Gasteiger partial charge is 0.332 e. The maximum Gasteiger partial charge on any atom is 0.254 e. The fourth-order valence-electron chi connectivity index (χ4n) is 4.08. The van der Waals surface area contributed by atoms with Crippen molar-refractivity contribution >= 4 is 23.2 Å². The van der Waals surface area contributed by atoms with Gasteiger partial charge in [0, 0.05) is 28.4 Å². The number of rotatable bonds is 10. The number of thiophene rings is 1. The summed E-state index contributed by atoms with van der Waals surface area (Å²) in [5, 5.41) is 0. The quantitative estimate of drug-likeness (QED) is 0.296. The van der Waals surface area contributed by atoms with E-state index in [1.165, 1.54) is 10.4 Å². The number of hydrogen-bond acceptors (Lipinski definition) is 3. The Morgan fingerprint density at radius 3 is 2.11 bits per heavy atom. The lowest BCUT2D eigenvalue weighted by Gasteiger charge is -2.29. The Morgan fingerprint density at radius 1 is 0.889 bits per heavy atom. The van der Waals surface area contributed by atoms with E-state index in [1.807, 2.05) is 59.5 Å². The van der Waals surface area contributed by atoms with Crippen molar-refractivity contribution in [1.82, 2.24) is 9.80 Å². The number of nitrogens with zero attached hydrogens (tertiary/aromatic N) is 2. The monoisotopic (exact) mass is 504 g/mol. The zero-order chi connectivity index (χ0) is 26.3. The molecule has 1 unspecified atom stereocenters. The molecule has 2 aromatic carbocycles. The first kappa shape index (κ1) is 27.7. The van der Waals surface area contributed by atoms with Gasteiger partial charge < -0.3 is 9.80 Å². The average molecular weight is 505 g/mol. The highest BCUT2D eigenvalue weighted by atomic mass is 32.1. The number of carbonyl (C=O) groups is 2. The van der Waals surface area contributed by atoms with E-state index in [4.69, 9.17) is 0 Å². The highest BCUT2D eigenvalue weighted by molar-refractivity contribution is 7.11. The van der Waals surface area contributed by atoms with Crippen LogP contribution in [0.2, 0.25) is 0 Å². The van der Waals surface area contributed by atoms with E-state index in [9.17, 15) is 9.59 Å². The lowest BCUT2D eigenvalue weighted by atomic mass is 9.86. The van der Waals surface area contributed by atoms with Crippen LogP contribution in [0.1, 0.15) is 72.3 Å². The second-order valence-electron chi connectivity index (χ2n) is 10.8. The fourth-order valence-corrected chi connectivity index (χ4v) is 4.98. The third-order valence-corrected chi connectivity index (χ3v) is 7.54. The Bertz CT molecular complexity index is 1130. The van der Waals surface area contributed by atoms with Crippen LogP contribution in [0.25, 0.3) is 0 Å². The highest BCUT2D eigenvalue weighted by Gasteiger charge is 2.25. The molecule has 0 radical (unpaired) electrons. The number of aryl methyl sites for hydroxylation is 1. The van der Waals surface area contributed by atoms with E-state index in [2.05, 4.69) is 53.7 Å². The summed E-state index contributed by atoms with van der Waals surface area (Å²) in [5.74, 6) is 0.182. The minimum atomic E-state index is -0.0873. The van der Waals surface area contributed by atoms with Gasteiger partial charge in [0.2, 0.25) is 5.91 Å². The summed E-state index contributed by atoms with van der Waals surface area (Å²) in [6.07, 6.45) is 0.948. The Balaban J connectivity index is 1.83. The van der Waals surface area contributed by atoms with Crippen molar-refractivity contribution in [2.24, 2.45) is 5.92 Å². The van der Waals surface area contributed by atoms with Gasteiger partial charge >= 0.3 is 0 Å². The maximum absolute atomic E-state index is 13.7. The summed E-state index contributed by atoms with van der Waals surface area (Å²) < 4.78 is 0. The van der Waals surface area contributed by atoms with Crippen molar-refractivity contribution in [1.29, 1.82) is 0 Å². The van der Waals surface area contributed by atoms with Crippen LogP contribution >= 0.6 is 11.3 Å². The number of carbonyl (C=O) groups excluding carboxylic acids is 2. The highest BCUT2D eigenvalue weighted by Crippen LogP contribution is 2.23. The normalized spacial score (nSPS) is 12.3. The summed E-state index contributed by atoms with van der Waals surface area (Å²) in [6.45, 7) is 14.5. The van der Waals surface area contributed by atoms with Crippen molar-refractivity contribution in [2.75, 3.05) is 13.1 Å². The molecule has 0 saturated carbocycles. The smallest absolute Gasteiger partial charge is 0.254 e. The maximum atomic E-state index is 13.7. The molecule has 4 nitrogen and oxygen atoms in total. The topological polar surface area (TPSA) is 40.6 Å². The first-order chi connectivity index (χ1) is 17.1. The lowest BCUT2D eigenvalue weighted by molar-refractivity contribution is -0.133. The molecule has 0 bridgehead atoms. The van der Waals surface area contributed by atoms with Crippen LogP contribution in [0.3, 0.4) is 0 Å². The average Bonchev–Trinajstić information content (AvgIpc) is 3.27. The number of amides is 2. The SMILES string of the molecule is CCC(C)CN(CC(=O)N(Cc1ccccc1)Cc1ccc(C)s1)C(=O)c1ccc(C(C)(C)C)cc1. The van der Waals surface area contributed by atoms with Crippen LogP contribution in [0.5, 0.6) is 0 Å².